The lowest BCUT2D eigenvalue weighted by Crippen LogP contribution is -2.06. The van der Waals surface area contributed by atoms with Crippen LogP contribution in [-0.2, 0) is 0 Å². The molecule has 0 nitrogen and oxygen atoms in total. The van der Waals surface area contributed by atoms with Gasteiger partial charge in [-0.2, -0.15) is 0 Å². The van der Waals surface area contributed by atoms with Crippen molar-refractivity contribution in [3.63, 3.8) is 0 Å². The van der Waals surface area contributed by atoms with Gasteiger partial charge in [0.25, 0.3) is 0 Å². The lowest BCUT2D eigenvalue weighted by atomic mass is 9.90. The normalized spacial score (nSPS) is 11.1. The van der Waals surface area contributed by atoms with E-state index in [0.29, 0.717) is 0 Å². The largest absolute Gasteiger partial charge is 0.0683 e. The van der Waals surface area contributed by atoms with Gasteiger partial charge in [0.05, 0.1) is 0 Å². The van der Waals surface area contributed by atoms with Crippen LogP contribution in [-0.4, -0.2) is 0 Å². The van der Waals surface area contributed by atoms with Crippen molar-refractivity contribution < 1.29 is 0 Å². The van der Waals surface area contributed by atoms with Crippen molar-refractivity contribution in [1.82, 2.24) is 0 Å². The molecular formula is C17H32. The Morgan fingerprint density at radius 1 is 0.647 bits per heavy atom. The maximum atomic E-state index is 2.34. The molecule has 0 radical (unpaired) electrons. The van der Waals surface area contributed by atoms with Crippen molar-refractivity contribution >= 4 is 0 Å². The highest BCUT2D eigenvalue weighted by Crippen LogP contribution is 2.18. The first kappa shape index (κ1) is 18.6. The molecule has 0 bridgehead atoms. The predicted molar refractivity (Wildman–Crippen MR) is 81.2 cm³/mol. The molecule has 0 aromatic heterocycles. The van der Waals surface area contributed by atoms with Crippen LogP contribution in [0.25, 0.3) is 0 Å². The third-order valence-corrected chi connectivity index (χ3v) is 2.65. The maximum absolute atomic E-state index is 2.34. The van der Waals surface area contributed by atoms with E-state index in [2.05, 4.69) is 34.6 Å². The SMILES string of the molecule is CC.CC(C)CC(C)C(C)C.c1ccccc1. The Balaban J connectivity index is 0. The Morgan fingerprint density at radius 3 is 1.06 bits per heavy atom. The van der Waals surface area contributed by atoms with Crippen molar-refractivity contribution in [2.24, 2.45) is 17.8 Å². The summed E-state index contributed by atoms with van der Waals surface area (Å²) >= 11 is 0. The molecule has 1 aromatic carbocycles. The fourth-order valence-corrected chi connectivity index (χ4v) is 1.40. The number of hydrogen-bond acceptors (Lipinski definition) is 0. The average Bonchev–Trinajstić information content (AvgIpc) is 2.33. The van der Waals surface area contributed by atoms with Gasteiger partial charge in [-0.15, -0.1) is 0 Å². The summed E-state index contributed by atoms with van der Waals surface area (Å²) in [6.07, 6.45) is 1.37. The summed E-state index contributed by atoms with van der Waals surface area (Å²) in [6, 6.07) is 12.0. The summed E-state index contributed by atoms with van der Waals surface area (Å²) in [6.45, 7) is 15.5. The highest BCUT2D eigenvalue weighted by Gasteiger charge is 2.07. The Hall–Kier alpha value is -0.780. The predicted octanol–water partition coefficient (Wildman–Crippen LogP) is 6.04. The van der Waals surface area contributed by atoms with Crippen molar-refractivity contribution in [3.8, 4) is 0 Å². The second-order valence-corrected chi connectivity index (χ2v) is 5.01. The number of hydrogen-bond donors (Lipinski definition) is 0. The molecule has 0 spiro atoms. The molecule has 0 amide bonds. The molecule has 100 valence electrons. The zero-order chi connectivity index (χ0) is 13.7. The van der Waals surface area contributed by atoms with Gasteiger partial charge in [-0.1, -0.05) is 84.9 Å². The van der Waals surface area contributed by atoms with E-state index in [1.165, 1.54) is 6.42 Å². The zero-order valence-corrected chi connectivity index (χ0v) is 12.9. The quantitative estimate of drug-likeness (QED) is 0.600. The molecule has 0 aliphatic rings. The Kier molecular flexibility index (Phi) is 14.5. The van der Waals surface area contributed by atoms with Crippen LogP contribution in [0.5, 0.6) is 0 Å². The summed E-state index contributed by atoms with van der Waals surface area (Å²) in [5.74, 6) is 2.61. The van der Waals surface area contributed by atoms with Crippen LogP contribution in [0.3, 0.4) is 0 Å². The molecule has 0 aliphatic heterocycles. The fraction of sp³-hybridized carbons (Fsp3) is 0.647. The van der Waals surface area contributed by atoms with Gasteiger partial charge in [0.2, 0.25) is 0 Å². The van der Waals surface area contributed by atoms with Gasteiger partial charge in [0, 0.05) is 0 Å². The van der Waals surface area contributed by atoms with Gasteiger partial charge in [-0.05, 0) is 24.2 Å². The highest BCUT2D eigenvalue weighted by atomic mass is 14.1. The van der Waals surface area contributed by atoms with Crippen LogP contribution in [0.4, 0.5) is 0 Å². The molecular weight excluding hydrogens is 204 g/mol. The lowest BCUT2D eigenvalue weighted by Gasteiger charge is -2.16. The van der Waals surface area contributed by atoms with E-state index in [1.54, 1.807) is 0 Å². The summed E-state index contributed by atoms with van der Waals surface area (Å²) in [5.41, 5.74) is 0. The first-order valence-electron chi connectivity index (χ1n) is 7.04. The molecule has 0 heteroatoms. The first-order valence-corrected chi connectivity index (χ1v) is 7.04. The first-order chi connectivity index (χ1) is 8.04. The average molecular weight is 236 g/mol. The van der Waals surface area contributed by atoms with Crippen molar-refractivity contribution in [3.05, 3.63) is 36.4 Å². The summed E-state index contributed by atoms with van der Waals surface area (Å²) in [7, 11) is 0. The van der Waals surface area contributed by atoms with E-state index in [1.807, 2.05) is 50.2 Å². The molecule has 0 saturated heterocycles. The van der Waals surface area contributed by atoms with Crippen molar-refractivity contribution in [1.29, 1.82) is 0 Å². The Labute approximate surface area is 109 Å². The van der Waals surface area contributed by atoms with Gasteiger partial charge >= 0.3 is 0 Å². The van der Waals surface area contributed by atoms with Crippen LogP contribution in [0, 0.1) is 17.8 Å². The van der Waals surface area contributed by atoms with Gasteiger partial charge in [0.15, 0.2) is 0 Å². The maximum Gasteiger partial charge on any atom is -0.0417 e. The standard InChI is InChI=1S/C9H20.C6H6.C2H6/c1-7(2)6-9(5)8(3)4;1-2-4-6-5-3-1;1-2/h7-9H,6H2,1-5H3;1-6H;1-2H3. The second-order valence-electron chi connectivity index (χ2n) is 5.01. The fourth-order valence-electron chi connectivity index (χ4n) is 1.40. The third kappa shape index (κ3) is 15.2. The van der Waals surface area contributed by atoms with Crippen LogP contribution < -0.4 is 0 Å². The lowest BCUT2D eigenvalue weighted by molar-refractivity contribution is 0.344. The molecule has 0 N–H and O–H groups in total. The minimum atomic E-state index is 0.854. The van der Waals surface area contributed by atoms with Gasteiger partial charge in [0.1, 0.15) is 0 Å². The van der Waals surface area contributed by atoms with E-state index < -0.39 is 0 Å². The van der Waals surface area contributed by atoms with Crippen LogP contribution in [0.1, 0.15) is 54.9 Å². The van der Waals surface area contributed by atoms with Gasteiger partial charge in [-0.25, -0.2) is 0 Å². The van der Waals surface area contributed by atoms with Gasteiger partial charge in [-0.3, -0.25) is 0 Å². The molecule has 0 saturated carbocycles. The number of rotatable bonds is 3. The molecule has 1 aromatic rings. The van der Waals surface area contributed by atoms with Crippen LogP contribution in [0.15, 0.2) is 36.4 Å². The summed E-state index contributed by atoms with van der Waals surface area (Å²) in [5, 5.41) is 0. The molecule has 0 heterocycles. The third-order valence-electron chi connectivity index (χ3n) is 2.65. The molecule has 1 rings (SSSR count). The zero-order valence-electron chi connectivity index (χ0n) is 12.9. The van der Waals surface area contributed by atoms with E-state index in [4.69, 9.17) is 0 Å². The minimum Gasteiger partial charge on any atom is -0.0683 e. The minimum absolute atomic E-state index is 0.854. The molecule has 1 unspecified atom stereocenters. The second kappa shape index (κ2) is 13.3. The molecule has 0 aliphatic carbocycles. The highest BCUT2D eigenvalue weighted by molar-refractivity contribution is 4.99. The monoisotopic (exact) mass is 236 g/mol. The summed E-state index contributed by atoms with van der Waals surface area (Å²) in [4.78, 5) is 0. The van der Waals surface area contributed by atoms with Crippen LogP contribution in [0.2, 0.25) is 0 Å². The molecule has 0 fully saturated rings. The van der Waals surface area contributed by atoms with E-state index in [0.717, 1.165) is 17.8 Å². The van der Waals surface area contributed by atoms with Crippen molar-refractivity contribution in [2.45, 2.75) is 54.9 Å². The smallest absolute Gasteiger partial charge is 0.0417 e. The van der Waals surface area contributed by atoms with E-state index >= 15 is 0 Å². The van der Waals surface area contributed by atoms with Crippen LogP contribution >= 0.6 is 0 Å². The molecule has 1 atom stereocenters. The Morgan fingerprint density at radius 2 is 0.941 bits per heavy atom. The Bertz CT molecular complexity index is 184. The van der Waals surface area contributed by atoms with E-state index in [-0.39, 0.29) is 0 Å². The van der Waals surface area contributed by atoms with E-state index in [9.17, 15) is 0 Å². The summed E-state index contributed by atoms with van der Waals surface area (Å²) < 4.78 is 0. The molecule has 17 heavy (non-hydrogen) atoms. The number of benzene rings is 1. The van der Waals surface area contributed by atoms with Crippen molar-refractivity contribution in [2.75, 3.05) is 0 Å². The van der Waals surface area contributed by atoms with Gasteiger partial charge < -0.3 is 0 Å². The topological polar surface area (TPSA) is 0 Å².